The van der Waals surface area contributed by atoms with E-state index in [1.54, 1.807) is 6.21 Å². The molecule has 0 saturated heterocycles. The van der Waals surface area contributed by atoms with Gasteiger partial charge in [0.15, 0.2) is 0 Å². The highest BCUT2D eigenvalue weighted by Gasteiger charge is 1.98. The molecule has 4 heteroatoms. The topological polar surface area (TPSA) is 45.1 Å². The molecule has 62 valence electrons. The van der Waals surface area contributed by atoms with E-state index in [4.69, 9.17) is 9.84 Å². The zero-order valence-electron chi connectivity index (χ0n) is 6.31. The van der Waals surface area contributed by atoms with E-state index < -0.39 is 0 Å². The Hall–Kier alpha value is -0.870. The van der Waals surface area contributed by atoms with Crippen LogP contribution < -0.4 is 0 Å². The minimum atomic E-state index is 0.0703. The van der Waals surface area contributed by atoms with Gasteiger partial charge in [0.1, 0.15) is 13.4 Å². The number of nitrogens with zero attached hydrogens (tertiary/aromatic N) is 2. The Morgan fingerprint density at radius 3 is 3.18 bits per heavy atom. The smallest absolute Gasteiger partial charge is 0.120 e. The number of rotatable bonds is 4. The minimum absolute atomic E-state index is 0.0703. The van der Waals surface area contributed by atoms with Crippen LogP contribution in [-0.2, 0) is 4.74 Å². The first-order chi connectivity index (χ1) is 5.43. The van der Waals surface area contributed by atoms with Crippen LogP contribution in [0.5, 0.6) is 0 Å². The average molecular weight is 156 g/mol. The molecule has 0 atom stereocenters. The lowest BCUT2D eigenvalue weighted by molar-refractivity contribution is 0.0330. The van der Waals surface area contributed by atoms with Crippen LogP contribution in [0.25, 0.3) is 0 Å². The second kappa shape index (κ2) is 4.87. The van der Waals surface area contributed by atoms with Gasteiger partial charge in [0.05, 0.1) is 13.2 Å². The van der Waals surface area contributed by atoms with Crippen LogP contribution in [0.3, 0.4) is 0 Å². The summed E-state index contributed by atoms with van der Waals surface area (Å²) in [6.07, 6.45) is 5.51. The van der Waals surface area contributed by atoms with Crippen molar-refractivity contribution in [3.63, 3.8) is 0 Å². The van der Waals surface area contributed by atoms with Crippen molar-refractivity contribution in [3.05, 3.63) is 12.3 Å². The molecule has 0 aromatic heterocycles. The van der Waals surface area contributed by atoms with Gasteiger partial charge in [-0.25, -0.2) is 0 Å². The zero-order chi connectivity index (χ0) is 7.94. The molecule has 1 aliphatic rings. The van der Waals surface area contributed by atoms with E-state index in [1.807, 2.05) is 17.2 Å². The molecule has 0 spiro atoms. The van der Waals surface area contributed by atoms with Crippen LogP contribution >= 0.6 is 0 Å². The fraction of sp³-hybridized carbons (Fsp3) is 0.571. The second-order valence-corrected chi connectivity index (χ2v) is 2.16. The number of hydrogen-bond acceptors (Lipinski definition) is 4. The first-order valence-electron chi connectivity index (χ1n) is 3.53. The standard InChI is InChI=1S/C7H12N2O2/c10-4-5-11-7-9-3-1-2-8-6-9/h1-3,10H,4-7H2. The number of ether oxygens (including phenoxy) is 1. The summed E-state index contributed by atoms with van der Waals surface area (Å²) < 4.78 is 5.07. The lowest BCUT2D eigenvalue weighted by Crippen LogP contribution is -2.23. The van der Waals surface area contributed by atoms with Crippen molar-refractivity contribution in [1.29, 1.82) is 0 Å². The van der Waals surface area contributed by atoms with E-state index >= 15 is 0 Å². The summed E-state index contributed by atoms with van der Waals surface area (Å²) in [6, 6.07) is 0. The van der Waals surface area contributed by atoms with Crippen molar-refractivity contribution in [2.45, 2.75) is 0 Å². The van der Waals surface area contributed by atoms with Gasteiger partial charge >= 0.3 is 0 Å². The fourth-order valence-electron chi connectivity index (χ4n) is 0.750. The predicted octanol–water partition coefficient (Wildman–Crippen LogP) is -0.190. The maximum absolute atomic E-state index is 8.40. The van der Waals surface area contributed by atoms with Crippen LogP contribution in [0.15, 0.2) is 17.3 Å². The van der Waals surface area contributed by atoms with Crippen LogP contribution in [0.4, 0.5) is 0 Å². The van der Waals surface area contributed by atoms with Crippen molar-refractivity contribution in [2.24, 2.45) is 4.99 Å². The van der Waals surface area contributed by atoms with Gasteiger partial charge in [-0.3, -0.25) is 4.99 Å². The Bertz CT molecular complexity index is 157. The van der Waals surface area contributed by atoms with Crippen LogP contribution in [0.1, 0.15) is 0 Å². The third kappa shape index (κ3) is 3.15. The number of hydrogen-bond donors (Lipinski definition) is 1. The third-order valence-corrected chi connectivity index (χ3v) is 1.24. The maximum atomic E-state index is 8.40. The third-order valence-electron chi connectivity index (χ3n) is 1.24. The maximum Gasteiger partial charge on any atom is 0.120 e. The summed E-state index contributed by atoms with van der Waals surface area (Å²) >= 11 is 0. The molecule has 0 aliphatic carbocycles. The molecule has 1 aliphatic heterocycles. The Balaban J connectivity index is 2.07. The summed E-state index contributed by atoms with van der Waals surface area (Å²) in [5, 5.41) is 8.40. The van der Waals surface area contributed by atoms with Crippen LogP contribution in [-0.4, -0.2) is 42.8 Å². The van der Waals surface area contributed by atoms with E-state index in [0.29, 0.717) is 20.0 Å². The molecule has 0 aromatic carbocycles. The Morgan fingerprint density at radius 1 is 1.64 bits per heavy atom. The monoisotopic (exact) mass is 156 g/mol. The molecule has 0 fully saturated rings. The first kappa shape index (κ1) is 8.23. The van der Waals surface area contributed by atoms with Gasteiger partial charge in [-0.15, -0.1) is 0 Å². The molecule has 4 nitrogen and oxygen atoms in total. The van der Waals surface area contributed by atoms with Crippen molar-refractivity contribution in [3.8, 4) is 0 Å². The molecule has 0 aromatic rings. The summed E-state index contributed by atoms with van der Waals surface area (Å²) in [7, 11) is 0. The molecule has 0 amide bonds. The number of aliphatic hydroxyl groups excluding tert-OH is 1. The van der Waals surface area contributed by atoms with Crippen molar-refractivity contribution >= 4 is 6.21 Å². The highest BCUT2D eigenvalue weighted by molar-refractivity contribution is 5.71. The molecule has 0 radical (unpaired) electrons. The lowest BCUT2D eigenvalue weighted by atomic mass is 10.5. The highest BCUT2D eigenvalue weighted by Crippen LogP contribution is 1.94. The number of aliphatic hydroxyl groups is 1. The van der Waals surface area contributed by atoms with Gasteiger partial charge < -0.3 is 14.7 Å². The molecule has 11 heavy (non-hydrogen) atoms. The fourth-order valence-corrected chi connectivity index (χ4v) is 0.750. The summed E-state index contributed by atoms with van der Waals surface area (Å²) in [5.74, 6) is 0. The Morgan fingerprint density at radius 2 is 2.55 bits per heavy atom. The minimum Gasteiger partial charge on any atom is -0.394 e. The van der Waals surface area contributed by atoms with E-state index in [1.165, 1.54) is 0 Å². The molecular weight excluding hydrogens is 144 g/mol. The van der Waals surface area contributed by atoms with Crippen LogP contribution in [0, 0.1) is 0 Å². The molecule has 1 rings (SSSR count). The predicted molar refractivity (Wildman–Crippen MR) is 42.2 cm³/mol. The molecule has 0 bridgehead atoms. The zero-order valence-corrected chi connectivity index (χ0v) is 6.31. The van der Waals surface area contributed by atoms with E-state index in [-0.39, 0.29) is 6.61 Å². The lowest BCUT2D eigenvalue weighted by Gasteiger charge is -2.18. The van der Waals surface area contributed by atoms with Gasteiger partial charge in [0.25, 0.3) is 0 Å². The SMILES string of the molecule is OCCOCN1C=CC=NC1. The van der Waals surface area contributed by atoms with Crippen molar-refractivity contribution < 1.29 is 9.84 Å². The summed E-state index contributed by atoms with van der Waals surface area (Å²) in [5.41, 5.74) is 0. The summed E-state index contributed by atoms with van der Waals surface area (Å²) in [4.78, 5) is 5.92. The van der Waals surface area contributed by atoms with Gasteiger partial charge in [-0.05, 0) is 6.08 Å². The number of allylic oxidation sites excluding steroid dienone is 1. The highest BCUT2D eigenvalue weighted by atomic mass is 16.5. The Kier molecular flexibility index (Phi) is 3.64. The normalized spacial score (nSPS) is 15.9. The van der Waals surface area contributed by atoms with E-state index in [0.717, 1.165) is 0 Å². The van der Waals surface area contributed by atoms with Crippen molar-refractivity contribution in [1.82, 2.24) is 4.90 Å². The van der Waals surface area contributed by atoms with Gasteiger partial charge in [0, 0.05) is 12.4 Å². The first-order valence-corrected chi connectivity index (χ1v) is 3.53. The Labute approximate surface area is 65.8 Å². The second-order valence-electron chi connectivity index (χ2n) is 2.16. The van der Waals surface area contributed by atoms with E-state index in [9.17, 15) is 0 Å². The average Bonchev–Trinajstić information content (AvgIpc) is 2.07. The molecule has 1 N–H and O–H groups in total. The summed E-state index contributed by atoms with van der Waals surface area (Å²) in [6.45, 7) is 1.59. The molecular formula is C7H12N2O2. The quantitative estimate of drug-likeness (QED) is 0.574. The van der Waals surface area contributed by atoms with E-state index in [2.05, 4.69) is 4.99 Å². The molecule has 1 heterocycles. The molecule has 0 unspecified atom stereocenters. The largest absolute Gasteiger partial charge is 0.394 e. The van der Waals surface area contributed by atoms with Crippen LogP contribution in [0.2, 0.25) is 0 Å². The number of aliphatic imine (C=N–C) groups is 1. The molecule has 0 saturated carbocycles. The van der Waals surface area contributed by atoms with Gasteiger partial charge in [0.2, 0.25) is 0 Å². The van der Waals surface area contributed by atoms with Gasteiger partial charge in [-0.1, -0.05) is 0 Å². The van der Waals surface area contributed by atoms with Crippen molar-refractivity contribution in [2.75, 3.05) is 26.6 Å². The van der Waals surface area contributed by atoms with Gasteiger partial charge in [-0.2, -0.15) is 0 Å².